The van der Waals surface area contributed by atoms with Gasteiger partial charge in [0.2, 0.25) is 6.79 Å². The number of ether oxygens (including phenoxy) is 4. The second-order valence-corrected chi connectivity index (χ2v) is 10.8. The van der Waals surface area contributed by atoms with Crippen LogP contribution in [0.4, 0.5) is 0 Å². The fourth-order valence-electron chi connectivity index (χ4n) is 4.04. The molecule has 2 atom stereocenters. The number of pyridine rings is 1. The third-order valence-corrected chi connectivity index (χ3v) is 7.79. The van der Waals surface area contributed by atoms with Crippen molar-refractivity contribution in [3.05, 3.63) is 85.6 Å². The Bertz CT molecular complexity index is 1430. The zero-order valence-corrected chi connectivity index (χ0v) is 26.0. The van der Waals surface area contributed by atoms with Gasteiger partial charge in [-0.2, -0.15) is 0 Å². The lowest BCUT2D eigenvalue weighted by atomic mass is 9.82. The van der Waals surface area contributed by atoms with Crippen molar-refractivity contribution in [1.82, 2.24) is 4.98 Å². The predicted octanol–water partition coefficient (Wildman–Crippen LogP) is 6.68. The van der Waals surface area contributed by atoms with Crippen LogP contribution in [0.3, 0.4) is 0 Å². The third kappa shape index (κ3) is 7.65. The minimum Gasteiger partial charge on any atom is -0.493 e. The number of methoxy groups -OCH3 is 1. The van der Waals surface area contributed by atoms with Gasteiger partial charge in [-0.25, -0.2) is 4.98 Å². The summed E-state index contributed by atoms with van der Waals surface area (Å²) in [5.74, 6) is -2.77. The highest BCUT2D eigenvalue weighted by Gasteiger charge is 2.42. The van der Waals surface area contributed by atoms with Crippen LogP contribution in [0.5, 0.6) is 11.5 Å². The number of hydrogen-bond acceptors (Lipinski definition) is 9. The van der Waals surface area contributed by atoms with Gasteiger partial charge in [0.15, 0.2) is 28.6 Å². The van der Waals surface area contributed by atoms with Crippen LogP contribution in [0.15, 0.2) is 48.7 Å². The molecule has 0 fully saturated rings. The van der Waals surface area contributed by atoms with Crippen LogP contribution in [-0.2, 0) is 24.7 Å². The zero-order valence-electron chi connectivity index (χ0n) is 23.0. The van der Waals surface area contributed by atoms with E-state index in [0.29, 0.717) is 0 Å². The summed E-state index contributed by atoms with van der Waals surface area (Å²) in [6.07, 6.45) is -0.187. The Hall–Kier alpha value is -3.08. The molecule has 1 heterocycles. The van der Waals surface area contributed by atoms with Gasteiger partial charge in [0.25, 0.3) is 0 Å². The highest BCUT2D eigenvalue weighted by molar-refractivity contribution is 6.42. The Morgan fingerprint density at radius 3 is 2.00 bits per heavy atom. The van der Waals surface area contributed by atoms with E-state index in [0.717, 1.165) is 0 Å². The summed E-state index contributed by atoms with van der Waals surface area (Å²) < 4.78 is 21.2. The monoisotopic (exact) mass is 657 g/mol. The molecule has 0 amide bonds. The smallest absolute Gasteiger partial charge is 0.309 e. The van der Waals surface area contributed by atoms with E-state index in [4.69, 9.17) is 65.4 Å². The Labute approximate surface area is 262 Å². The number of aliphatic hydroxyl groups is 1. The zero-order chi connectivity index (χ0) is 31.2. The first-order chi connectivity index (χ1) is 19.8. The summed E-state index contributed by atoms with van der Waals surface area (Å²) >= 11 is 24.6. The van der Waals surface area contributed by atoms with Crippen LogP contribution in [0.1, 0.15) is 48.8 Å². The molecule has 1 aromatic heterocycles. The number of halogens is 4. The lowest BCUT2D eigenvalue weighted by molar-refractivity contribution is -0.164. The van der Waals surface area contributed by atoms with E-state index in [1.54, 1.807) is 12.1 Å². The van der Waals surface area contributed by atoms with Gasteiger partial charge < -0.3 is 24.1 Å². The molecule has 1 N–H and O–H groups in total. The van der Waals surface area contributed by atoms with Crippen LogP contribution in [0.2, 0.25) is 20.1 Å². The van der Waals surface area contributed by atoms with E-state index in [1.165, 1.54) is 64.4 Å². The normalized spacial score (nSPS) is 12.7. The predicted molar refractivity (Wildman–Crippen MR) is 158 cm³/mol. The van der Waals surface area contributed by atoms with Crippen molar-refractivity contribution < 1.29 is 38.4 Å². The molecule has 0 radical (unpaired) electrons. The standard InChI is InChI=1S/C29H27Cl4NO8/c1-15(11-24(36)26-27(41-14-40-17(3)35)25(39-4)9-10-34-26)28(37)42-16(2)29(38,18-5-7-20(30)22(32)12-18)19-6-8-21(31)23(33)13-19/h5-10,12-13,15-16,38H,11,14H2,1-4H3/t15-,16+/m1/s1. The van der Waals surface area contributed by atoms with Crippen molar-refractivity contribution >= 4 is 64.1 Å². The number of nitrogens with zero attached hydrogens (tertiary/aromatic N) is 1. The van der Waals surface area contributed by atoms with E-state index in [2.05, 4.69) is 4.98 Å². The second-order valence-electron chi connectivity index (χ2n) is 9.22. The summed E-state index contributed by atoms with van der Waals surface area (Å²) in [6, 6.07) is 10.5. The van der Waals surface area contributed by atoms with Crippen molar-refractivity contribution in [2.75, 3.05) is 13.9 Å². The number of Topliss-reactive ketones (excluding diaryl/α,β-unsaturated/α-hetero) is 1. The number of carbonyl (C=O) groups is 3. The molecule has 2 aromatic carbocycles. The van der Waals surface area contributed by atoms with Crippen LogP contribution in [0.25, 0.3) is 0 Å². The maximum absolute atomic E-state index is 13.2. The molecule has 13 heteroatoms. The van der Waals surface area contributed by atoms with Gasteiger partial charge in [-0.15, -0.1) is 0 Å². The molecule has 0 saturated carbocycles. The molecule has 0 bridgehead atoms. The Balaban J connectivity index is 1.86. The Morgan fingerprint density at radius 1 is 0.929 bits per heavy atom. The molecule has 3 aromatic rings. The molecule has 0 saturated heterocycles. The van der Waals surface area contributed by atoms with Gasteiger partial charge >= 0.3 is 11.9 Å². The van der Waals surface area contributed by atoms with Gasteiger partial charge in [0.1, 0.15) is 6.10 Å². The van der Waals surface area contributed by atoms with E-state index in [9.17, 15) is 19.5 Å². The minimum absolute atomic E-state index is 0.0474. The molecule has 0 aliphatic heterocycles. The number of hydrogen-bond donors (Lipinski definition) is 1. The summed E-state index contributed by atoms with van der Waals surface area (Å²) in [7, 11) is 1.37. The van der Waals surface area contributed by atoms with Crippen molar-refractivity contribution in [2.45, 2.75) is 38.9 Å². The number of esters is 2. The lowest BCUT2D eigenvalue weighted by Gasteiger charge is -2.35. The van der Waals surface area contributed by atoms with Gasteiger partial charge in [0.05, 0.1) is 33.1 Å². The molecular formula is C29H27Cl4NO8. The van der Waals surface area contributed by atoms with E-state index >= 15 is 0 Å². The topological polar surface area (TPSA) is 121 Å². The first-order valence-electron chi connectivity index (χ1n) is 12.5. The fourth-order valence-corrected chi connectivity index (χ4v) is 4.63. The van der Waals surface area contributed by atoms with Gasteiger partial charge in [-0.05, 0) is 42.3 Å². The first-order valence-corrected chi connectivity index (χ1v) is 14.0. The molecule has 9 nitrogen and oxygen atoms in total. The van der Waals surface area contributed by atoms with Crippen molar-refractivity contribution in [3.8, 4) is 11.5 Å². The summed E-state index contributed by atoms with van der Waals surface area (Å²) in [6.45, 7) is 3.70. The number of rotatable bonds is 12. The Morgan fingerprint density at radius 2 is 1.50 bits per heavy atom. The molecule has 224 valence electrons. The van der Waals surface area contributed by atoms with E-state index in [1.807, 2.05) is 0 Å². The highest BCUT2D eigenvalue weighted by Crippen LogP contribution is 2.40. The summed E-state index contributed by atoms with van der Waals surface area (Å²) in [5.41, 5.74) is -1.52. The summed E-state index contributed by atoms with van der Waals surface area (Å²) in [4.78, 5) is 41.6. The van der Waals surface area contributed by atoms with E-state index < -0.39 is 42.1 Å². The van der Waals surface area contributed by atoms with Crippen LogP contribution >= 0.6 is 46.4 Å². The van der Waals surface area contributed by atoms with Crippen molar-refractivity contribution in [2.24, 2.45) is 5.92 Å². The van der Waals surface area contributed by atoms with Crippen LogP contribution in [-0.4, -0.2) is 47.8 Å². The van der Waals surface area contributed by atoms with Crippen LogP contribution in [0, 0.1) is 5.92 Å². The van der Waals surface area contributed by atoms with Gasteiger partial charge in [-0.3, -0.25) is 14.4 Å². The van der Waals surface area contributed by atoms with Gasteiger partial charge in [0, 0.05) is 25.6 Å². The molecule has 0 aliphatic rings. The van der Waals surface area contributed by atoms with Crippen molar-refractivity contribution in [1.29, 1.82) is 0 Å². The van der Waals surface area contributed by atoms with E-state index in [-0.39, 0.29) is 54.8 Å². The summed E-state index contributed by atoms with van der Waals surface area (Å²) in [5, 5.41) is 12.9. The third-order valence-electron chi connectivity index (χ3n) is 6.31. The quantitative estimate of drug-likeness (QED) is 0.129. The Kier molecular flexibility index (Phi) is 11.5. The van der Waals surface area contributed by atoms with Crippen LogP contribution < -0.4 is 9.47 Å². The molecule has 0 aliphatic carbocycles. The number of carbonyl (C=O) groups excluding carboxylic acids is 3. The molecule has 0 unspecified atom stereocenters. The average Bonchev–Trinajstić information content (AvgIpc) is 2.95. The SMILES string of the molecule is COc1ccnc(C(=O)C[C@@H](C)C(=O)O[C@@H](C)C(O)(c2ccc(Cl)c(Cl)c2)c2ccc(Cl)c(Cl)c2)c1OCOC(C)=O. The fraction of sp³-hybridized carbons (Fsp3) is 0.310. The maximum atomic E-state index is 13.2. The molecular weight excluding hydrogens is 632 g/mol. The number of ketones is 1. The second kappa shape index (κ2) is 14.4. The van der Waals surface area contributed by atoms with Gasteiger partial charge in [-0.1, -0.05) is 65.5 Å². The average molecular weight is 659 g/mol. The molecule has 0 spiro atoms. The number of benzene rings is 2. The highest BCUT2D eigenvalue weighted by atomic mass is 35.5. The maximum Gasteiger partial charge on any atom is 0.309 e. The number of aromatic nitrogens is 1. The first kappa shape index (κ1) is 33.4. The largest absolute Gasteiger partial charge is 0.493 e. The lowest BCUT2D eigenvalue weighted by Crippen LogP contribution is -2.42. The van der Waals surface area contributed by atoms with Crippen molar-refractivity contribution in [3.63, 3.8) is 0 Å². The molecule has 3 rings (SSSR count). The molecule has 42 heavy (non-hydrogen) atoms. The minimum atomic E-state index is -1.94.